The Kier molecular flexibility index (Phi) is 7.98. The average Bonchev–Trinajstić information content (AvgIpc) is 1.65. The molecule has 0 aliphatic heterocycles. The molecule has 0 aromatic carbocycles. The van der Waals surface area contributed by atoms with E-state index in [-0.39, 0.29) is 51.4 Å². The Morgan fingerprint density at radius 3 is 2.12 bits per heavy atom. The zero-order chi connectivity index (χ0) is 5.86. The molecule has 0 unspecified atom stereocenters. The van der Waals surface area contributed by atoms with Crippen molar-refractivity contribution >= 4 is 5.84 Å². The molecule has 0 rings (SSSR count). The Bertz CT molecular complexity index is 112. The second kappa shape index (κ2) is 5.64. The Labute approximate surface area is 88.3 Å². The number of nitro groups is 1. The Morgan fingerprint density at radius 2 is 2.12 bits per heavy atom. The van der Waals surface area contributed by atoms with Crippen molar-refractivity contribution in [2.45, 2.75) is 6.92 Å². The summed E-state index contributed by atoms with van der Waals surface area (Å²) >= 11 is 0. The van der Waals surface area contributed by atoms with Gasteiger partial charge in [-0.05, 0) is 4.92 Å². The Hall–Kier alpha value is 0.506. The van der Waals surface area contributed by atoms with E-state index in [1.807, 2.05) is 0 Å². The summed E-state index contributed by atoms with van der Waals surface area (Å²) < 4.78 is 0. The second-order valence-electron chi connectivity index (χ2n) is 0.896. The first kappa shape index (κ1) is 11.3. The van der Waals surface area contributed by atoms with E-state index in [2.05, 4.69) is 5.16 Å². The molecule has 0 radical (unpaired) electrons. The van der Waals surface area contributed by atoms with Crippen molar-refractivity contribution in [2.24, 2.45) is 5.16 Å². The fourth-order valence-corrected chi connectivity index (χ4v) is 0.0333. The van der Waals surface area contributed by atoms with Crippen LogP contribution in [0.1, 0.15) is 6.92 Å². The summed E-state index contributed by atoms with van der Waals surface area (Å²) in [6, 6.07) is 0. The molecule has 0 bridgehead atoms. The topological polar surface area (TPSA) is 78.6 Å². The standard InChI is InChI=1S/C2H4N2O3.K/c1-2(3-5)4(6)7;/h5H,1H3;/q;+1/p-1/b3-2-;. The summed E-state index contributed by atoms with van der Waals surface area (Å²) in [6.45, 7) is 1.03. The first-order valence-corrected chi connectivity index (χ1v) is 1.49. The fraction of sp³-hybridized carbons (Fsp3) is 0.500. The minimum Gasteiger partial charge on any atom is -0.675 e. The molecular formula is C2H3KN2O3. The molecule has 0 heterocycles. The largest absolute Gasteiger partial charge is 1.00 e. The van der Waals surface area contributed by atoms with Crippen LogP contribution in [-0.2, 0) is 0 Å². The van der Waals surface area contributed by atoms with E-state index in [0.717, 1.165) is 6.92 Å². The van der Waals surface area contributed by atoms with Gasteiger partial charge in [0.2, 0.25) is 0 Å². The quantitative estimate of drug-likeness (QED) is 0.120. The van der Waals surface area contributed by atoms with Gasteiger partial charge in [-0.1, -0.05) is 5.16 Å². The summed E-state index contributed by atoms with van der Waals surface area (Å²) in [5.41, 5.74) is 0. The minimum atomic E-state index is -0.840. The van der Waals surface area contributed by atoms with Gasteiger partial charge in [-0.2, -0.15) is 0 Å². The van der Waals surface area contributed by atoms with Gasteiger partial charge in [0.1, 0.15) is 0 Å². The first-order chi connectivity index (χ1) is 3.18. The minimum absolute atomic E-state index is 0. The molecule has 0 amide bonds. The summed E-state index contributed by atoms with van der Waals surface area (Å²) in [5, 5.41) is 20.7. The summed E-state index contributed by atoms with van der Waals surface area (Å²) in [7, 11) is 0. The van der Waals surface area contributed by atoms with Crippen LogP contribution in [0.5, 0.6) is 0 Å². The molecule has 0 atom stereocenters. The van der Waals surface area contributed by atoms with Crippen LogP contribution < -0.4 is 51.4 Å². The first-order valence-electron chi connectivity index (χ1n) is 1.49. The van der Waals surface area contributed by atoms with Gasteiger partial charge in [0.25, 0.3) is 0 Å². The predicted octanol–water partition coefficient (Wildman–Crippen LogP) is -2.82. The SMILES string of the molecule is C/C(=N/[O-])[N+](=O)[O-].[K+]. The molecule has 0 aliphatic carbocycles. The zero-order valence-electron chi connectivity index (χ0n) is 4.62. The zero-order valence-corrected chi connectivity index (χ0v) is 7.74. The summed E-state index contributed by atoms with van der Waals surface area (Å²) in [4.78, 5) is 8.56. The maximum absolute atomic E-state index is 9.41. The van der Waals surface area contributed by atoms with Crippen molar-refractivity contribution in [1.82, 2.24) is 0 Å². The van der Waals surface area contributed by atoms with Gasteiger partial charge < -0.3 is 15.3 Å². The smallest absolute Gasteiger partial charge is 0.675 e. The average molecular weight is 142 g/mol. The molecule has 0 saturated heterocycles. The molecule has 40 valence electrons. The molecule has 0 N–H and O–H groups in total. The van der Waals surface area contributed by atoms with E-state index in [1.165, 1.54) is 0 Å². The van der Waals surface area contributed by atoms with Crippen LogP contribution in [0.4, 0.5) is 0 Å². The molecule has 0 fully saturated rings. The van der Waals surface area contributed by atoms with Gasteiger partial charge in [-0.25, -0.2) is 0 Å². The van der Waals surface area contributed by atoms with Crippen LogP contribution >= 0.6 is 0 Å². The molecule has 5 nitrogen and oxygen atoms in total. The van der Waals surface area contributed by atoms with E-state index >= 15 is 0 Å². The molecule has 0 spiro atoms. The predicted molar refractivity (Wildman–Crippen MR) is 23.5 cm³/mol. The summed E-state index contributed by atoms with van der Waals surface area (Å²) in [5.74, 6) is -0.611. The van der Waals surface area contributed by atoms with Crippen molar-refractivity contribution < 1.29 is 56.3 Å². The number of hydrogen-bond donors (Lipinski definition) is 0. The van der Waals surface area contributed by atoms with E-state index in [1.54, 1.807) is 0 Å². The number of rotatable bonds is 0. The summed E-state index contributed by atoms with van der Waals surface area (Å²) in [6.07, 6.45) is 0. The molecule has 0 aromatic rings. The molecule has 6 heteroatoms. The van der Waals surface area contributed by atoms with Crippen LogP contribution in [0.2, 0.25) is 0 Å². The van der Waals surface area contributed by atoms with Gasteiger partial charge in [0.05, 0.1) is 0 Å². The van der Waals surface area contributed by atoms with E-state index in [9.17, 15) is 15.3 Å². The Morgan fingerprint density at radius 1 is 1.75 bits per heavy atom. The van der Waals surface area contributed by atoms with Crippen molar-refractivity contribution in [1.29, 1.82) is 0 Å². The van der Waals surface area contributed by atoms with Gasteiger partial charge in [-0.3, -0.25) is 0 Å². The van der Waals surface area contributed by atoms with Crippen molar-refractivity contribution in [3.05, 3.63) is 15.3 Å². The maximum atomic E-state index is 9.41. The van der Waals surface area contributed by atoms with E-state index in [4.69, 9.17) is 0 Å². The number of amidine groups is 1. The normalized spacial score (nSPS) is 9.88. The molecule has 8 heavy (non-hydrogen) atoms. The van der Waals surface area contributed by atoms with Crippen molar-refractivity contribution in [3.8, 4) is 0 Å². The van der Waals surface area contributed by atoms with Crippen LogP contribution in [0, 0.1) is 15.3 Å². The van der Waals surface area contributed by atoms with Crippen molar-refractivity contribution in [3.63, 3.8) is 0 Å². The Balaban J connectivity index is 0. The molecule has 0 aliphatic rings. The third-order valence-electron chi connectivity index (χ3n) is 0.396. The monoisotopic (exact) mass is 142 g/mol. The van der Waals surface area contributed by atoms with Crippen LogP contribution in [0.15, 0.2) is 5.16 Å². The van der Waals surface area contributed by atoms with Crippen LogP contribution in [0.25, 0.3) is 0 Å². The molecule has 0 saturated carbocycles. The number of nitrogens with zero attached hydrogens (tertiary/aromatic N) is 2. The van der Waals surface area contributed by atoms with Gasteiger partial charge >= 0.3 is 57.2 Å². The second-order valence-corrected chi connectivity index (χ2v) is 0.896. The van der Waals surface area contributed by atoms with Gasteiger partial charge in [-0.15, -0.1) is 0 Å². The van der Waals surface area contributed by atoms with Crippen LogP contribution in [-0.4, -0.2) is 10.8 Å². The van der Waals surface area contributed by atoms with Gasteiger partial charge in [0.15, 0.2) is 0 Å². The van der Waals surface area contributed by atoms with Gasteiger partial charge in [0, 0.05) is 6.92 Å². The van der Waals surface area contributed by atoms with Crippen LogP contribution in [0.3, 0.4) is 0 Å². The molecule has 0 aromatic heterocycles. The molecular weight excluding hydrogens is 139 g/mol. The van der Waals surface area contributed by atoms with E-state index < -0.39 is 10.8 Å². The van der Waals surface area contributed by atoms with Crippen molar-refractivity contribution in [2.75, 3.05) is 0 Å². The third kappa shape index (κ3) is 4.66. The van der Waals surface area contributed by atoms with E-state index in [0.29, 0.717) is 0 Å². The fourth-order valence-electron chi connectivity index (χ4n) is 0.0333. The maximum Gasteiger partial charge on any atom is 1.00 e. The number of hydrogen-bond acceptors (Lipinski definition) is 4. The third-order valence-corrected chi connectivity index (χ3v) is 0.396.